The summed E-state index contributed by atoms with van der Waals surface area (Å²) >= 11 is 0. The average molecular weight is 157 g/mol. The number of aliphatic hydroxyl groups excluding tert-OH is 1. The van der Waals surface area contributed by atoms with Gasteiger partial charge in [0.05, 0.1) is 12.6 Å². The summed E-state index contributed by atoms with van der Waals surface area (Å²) in [6.07, 6.45) is 2.02. The van der Waals surface area contributed by atoms with Gasteiger partial charge in [-0.25, -0.2) is 9.48 Å². The van der Waals surface area contributed by atoms with Crippen molar-refractivity contribution in [3.63, 3.8) is 0 Å². The minimum atomic E-state index is -0.272. The van der Waals surface area contributed by atoms with Crippen molar-refractivity contribution < 1.29 is 5.11 Å². The van der Waals surface area contributed by atoms with Crippen LogP contribution in [0.1, 0.15) is 19.4 Å². The van der Waals surface area contributed by atoms with Crippen LogP contribution in [0, 0.1) is 0 Å². The predicted molar refractivity (Wildman–Crippen MR) is 39.3 cm³/mol. The molecule has 0 saturated carbocycles. The second-order valence-corrected chi connectivity index (χ2v) is 2.28. The maximum Gasteiger partial charge on any atom is 0.343 e. The molecular formula is C6H11N3O2. The van der Waals surface area contributed by atoms with E-state index in [1.807, 2.05) is 6.92 Å². The molecule has 2 N–H and O–H groups in total. The molecule has 5 heteroatoms. The largest absolute Gasteiger partial charge is 0.394 e. The van der Waals surface area contributed by atoms with Crippen LogP contribution < -0.4 is 5.69 Å². The summed E-state index contributed by atoms with van der Waals surface area (Å²) in [5.41, 5.74) is -0.272. The second-order valence-electron chi connectivity index (χ2n) is 2.28. The second kappa shape index (κ2) is 3.34. The van der Waals surface area contributed by atoms with Crippen molar-refractivity contribution in [3.8, 4) is 0 Å². The Kier molecular flexibility index (Phi) is 2.43. The Labute approximate surface area is 63.7 Å². The van der Waals surface area contributed by atoms with Gasteiger partial charge in [-0.1, -0.05) is 6.92 Å². The Balaban J connectivity index is 2.90. The third kappa shape index (κ3) is 1.48. The van der Waals surface area contributed by atoms with Gasteiger partial charge < -0.3 is 5.11 Å². The summed E-state index contributed by atoms with van der Waals surface area (Å²) in [7, 11) is 0. The Bertz CT molecular complexity index is 261. The standard InChI is InChI=1S/C6H11N3O2/c1-2-5(3-10)9-6(11)7-4-8-9/h4-5,10H,2-3H2,1H3,(H,7,8,11). The molecule has 1 unspecified atom stereocenters. The molecule has 5 nitrogen and oxygen atoms in total. The quantitative estimate of drug-likeness (QED) is 0.622. The Morgan fingerprint density at radius 3 is 3.00 bits per heavy atom. The van der Waals surface area contributed by atoms with Gasteiger partial charge in [-0.2, -0.15) is 5.10 Å². The number of nitrogens with zero attached hydrogens (tertiary/aromatic N) is 2. The first-order chi connectivity index (χ1) is 5.29. The molecule has 1 heterocycles. The number of hydrogen-bond donors (Lipinski definition) is 2. The van der Waals surface area contributed by atoms with Crippen molar-refractivity contribution in [3.05, 3.63) is 16.8 Å². The molecule has 0 amide bonds. The van der Waals surface area contributed by atoms with E-state index in [0.29, 0.717) is 6.42 Å². The zero-order valence-electron chi connectivity index (χ0n) is 6.32. The molecule has 0 bridgehead atoms. The molecule has 0 aliphatic carbocycles. The van der Waals surface area contributed by atoms with E-state index >= 15 is 0 Å². The maximum atomic E-state index is 10.9. The Hall–Kier alpha value is -1.10. The lowest BCUT2D eigenvalue weighted by atomic mass is 10.2. The van der Waals surface area contributed by atoms with Gasteiger partial charge in [0.15, 0.2) is 0 Å². The molecule has 1 aromatic rings. The number of nitrogens with one attached hydrogen (secondary N) is 1. The van der Waals surface area contributed by atoms with E-state index in [1.165, 1.54) is 11.0 Å². The Morgan fingerprint density at radius 1 is 1.91 bits per heavy atom. The first kappa shape index (κ1) is 8.00. The van der Waals surface area contributed by atoms with Crippen molar-refractivity contribution in [2.75, 3.05) is 6.61 Å². The lowest BCUT2D eigenvalue weighted by molar-refractivity contribution is 0.211. The molecular weight excluding hydrogens is 146 g/mol. The summed E-state index contributed by atoms with van der Waals surface area (Å²) in [6.45, 7) is 1.84. The minimum absolute atomic E-state index is 0.0543. The van der Waals surface area contributed by atoms with Crippen LogP contribution in [0.2, 0.25) is 0 Å². The zero-order valence-corrected chi connectivity index (χ0v) is 6.32. The first-order valence-electron chi connectivity index (χ1n) is 3.52. The fourth-order valence-electron chi connectivity index (χ4n) is 0.904. The number of aromatic nitrogens is 3. The molecule has 0 aliphatic rings. The predicted octanol–water partition coefficient (Wildman–Crippen LogP) is -0.485. The van der Waals surface area contributed by atoms with E-state index in [9.17, 15) is 4.79 Å². The molecule has 0 aliphatic heterocycles. The molecule has 0 saturated heterocycles. The number of aliphatic hydroxyl groups is 1. The van der Waals surface area contributed by atoms with Crippen LogP contribution in [0.5, 0.6) is 0 Å². The van der Waals surface area contributed by atoms with Crippen molar-refractivity contribution in [1.82, 2.24) is 14.8 Å². The molecule has 11 heavy (non-hydrogen) atoms. The first-order valence-corrected chi connectivity index (χ1v) is 3.52. The van der Waals surface area contributed by atoms with Crippen LogP contribution in [0.4, 0.5) is 0 Å². The highest BCUT2D eigenvalue weighted by Gasteiger charge is 2.09. The number of H-pyrrole nitrogens is 1. The minimum Gasteiger partial charge on any atom is -0.394 e. The summed E-state index contributed by atoms with van der Waals surface area (Å²) < 4.78 is 1.25. The van der Waals surface area contributed by atoms with Crippen LogP contribution >= 0.6 is 0 Å². The molecule has 0 aromatic carbocycles. The van der Waals surface area contributed by atoms with Gasteiger partial charge in [-0.3, -0.25) is 4.98 Å². The van der Waals surface area contributed by atoms with Crippen LogP contribution in [0.3, 0.4) is 0 Å². The summed E-state index contributed by atoms with van der Waals surface area (Å²) in [5.74, 6) is 0. The highest BCUT2D eigenvalue weighted by molar-refractivity contribution is 4.67. The topological polar surface area (TPSA) is 70.9 Å². The fourth-order valence-corrected chi connectivity index (χ4v) is 0.904. The van der Waals surface area contributed by atoms with E-state index in [0.717, 1.165) is 0 Å². The highest BCUT2D eigenvalue weighted by atomic mass is 16.3. The summed E-state index contributed by atoms with van der Waals surface area (Å²) in [6, 6.07) is -0.200. The van der Waals surface area contributed by atoms with Gasteiger partial charge in [0, 0.05) is 0 Å². The van der Waals surface area contributed by atoms with Crippen LogP contribution in [0.25, 0.3) is 0 Å². The van der Waals surface area contributed by atoms with Gasteiger partial charge in [0.2, 0.25) is 0 Å². The number of hydrogen-bond acceptors (Lipinski definition) is 3. The maximum absolute atomic E-state index is 10.9. The number of aromatic amines is 1. The molecule has 1 rings (SSSR count). The smallest absolute Gasteiger partial charge is 0.343 e. The lowest BCUT2D eigenvalue weighted by Gasteiger charge is -2.08. The third-order valence-electron chi connectivity index (χ3n) is 1.61. The average Bonchev–Trinajstić information content (AvgIpc) is 2.40. The van der Waals surface area contributed by atoms with E-state index in [1.54, 1.807) is 0 Å². The van der Waals surface area contributed by atoms with Crippen LogP contribution in [-0.2, 0) is 0 Å². The molecule has 1 aromatic heterocycles. The SMILES string of the molecule is CCC(CO)n1nc[nH]c1=O. The fraction of sp³-hybridized carbons (Fsp3) is 0.667. The molecule has 0 fully saturated rings. The van der Waals surface area contributed by atoms with E-state index in [-0.39, 0.29) is 18.3 Å². The van der Waals surface area contributed by atoms with Crippen molar-refractivity contribution in [2.45, 2.75) is 19.4 Å². The summed E-state index contributed by atoms with van der Waals surface area (Å²) in [4.78, 5) is 13.3. The molecule has 62 valence electrons. The molecule has 1 atom stereocenters. The van der Waals surface area contributed by atoms with Gasteiger partial charge in [0.25, 0.3) is 0 Å². The van der Waals surface area contributed by atoms with Gasteiger partial charge in [0.1, 0.15) is 6.33 Å². The molecule has 0 radical (unpaired) electrons. The number of rotatable bonds is 3. The van der Waals surface area contributed by atoms with Crippen molar-refractivity contribution in [1.29, 1.82) is 0 Å². The third-order valence-corrected chi connectivity index (χ3v) is 1.61. The zero-order chi connectivity index (χ0) is 8.27. The highest BCUT2D eigenvalue weighted by Crippen LogP contribution is 2.03. The monoisotopic (exact) mass is 157 g/mol. The van der Waals surface area contributed by atoms with E-state index in [4.69, 9.17) is 5.11 Å². The van der Waals surface area contributed by atoms with Gasteiger partial charge >= 0.3 is 5.69 Å². The van der Waals surface area contributed by atoms with Crippen LogP contribution in [-0.4, -0.2) is 26.5 Å². The van der Waals surface area contributed by atoms with Crippen LogP contribution in [0.15, 0.2) is 11.1 Å². The van der Waals surface area contributed by atoms with E-state index < -0.39 is 0 Å². The molecule has 0 spiro atoms. The lowest BCUT2D eigenvalue weighted by Crippen LogP contribution is -2.25. The Morgan fingerprint density at radius 2 is 2.64 bits per heavy atom. The van der Waals surface area contributed by atoms with E-state index in [2.05, 4.69) is 10.1 Å². The van der Waals surface area contributed by atoms with Gasteiger partial charge in [-0.15, -0.1) is 0 Å². The summed E-state index contributed by atoms with van der Waals surface area (Å²) in [5, 5.41) is 12.6. The van der Waals surface area contributed by atoms with Crippen molar-refractivity contribution in [2.24, 2.45) is 0 Å². The van der Waals surface area contributed by atoms with Crippen molar-refractivity contribution >= 4 is 0 Å². The normalized spacial score (nSPS) is 13.3. The van der Waals surface area contributed by atoms with Gasteiger partial charge in [-0.05, 0) is 6.42 Å².